The summed E-state index contributed by atoms with van der Waals surface area (Å²) in [6.07, 6.45) is 4.15. The van der Waals surface area contributed by atoms with Crippen molar-refractivity contribution in [3.8, 4) is 0 Å². The molecule has 0 N–H and O–H groups in total. The molecule has 21 heavy (non-hydrogen) atoms. The van der Waals surface area contributed by atoms with E-state index < -0.39 is 5.95 Å². The van der Waals surface area contributed by atoms with Gasteiger partial charge in [0.05, 0.1) is 5.56 Å². The van der Waals surface area contributed by atoms with Crippen LogP contribution in [0.1, 0.15) is 22.3 Å². The standard InChI is InChI=1S/C17H15FN2O/c18-16-15(7-4-10-19-16)17(21)20-11-8-14(9-12-20)13-5-2-1-3-6-13/h1-8,10H,9,11-12H2. The Morgan fingerprint density at radius 2 is 1.95 bits per heavy atom. The second-order valence-electron chi connectivity index (χ2n) is 4.94. The first kappa shape index (κ1) is 13.5. The van der Waals surface area contributed by atoms with Gasteiger partial charge >= 0.3 is 0 Å². The molecule has 3 rings (SSSR count). The molecule has 1 aromatic carbocycles. The number of hydrogen-bond donors (Lipinski definition) is 0. The summed E-state index contributed by atoms with van der Waals surface area (Å²) in [5.74, 6) is -1.01. The van der Waals surface area contributed by atoms with Crippen LogP contribution in [0.25, 0.3) is 5.57 Å². The maximum atomic E-state index is 13.6. The summed E-state index contributed by atoms with van der Waals surface area (Å²) >= 11 is 0. The number of halogens is 1. The fourth-order valence-corrected chi connectivity index (χ4v) is 2.48. The molecule has 0 unspecified atom stereocenters. The summed E-state index contributed by atoms with van der Waals surface area (Å²) in [7, 11) is 0. The molecule has 2 heterocycles. The van der Waals surface area contributed by atoms with E-state index in [4.69, 9.17) is 0 Å². The molecule has 4 heteroatoms. The molecular formula is C17H15FN2O. The van der Waals surface area contributed by atoms with Crippen molar-refractivity contribution in [2.24, 2.45) is 0 Å². The van der Waals surface area contributed by atoms with Crippen LogP contribution < -0.4 is 0 Å². The van der Waals surface area contributed by atoms with E-state index in [1.807, 2.05) is 24.3 Å². The fourth-order valence-electron chi connectivity index (χ4n) is 2.48. The van der Waals surface area contributed by atoms with Gasteiger partial charge in [-0.15, -0.1) is 0 Å². The SMILES string of the molecule is O=C(c1cccnc1F)N1CC=C(c2ccccc2)CC1. The number of benzene rings is 1. The van der Waals surface area contributed by atoms with Gasteiger partial charge in [0, 0.05) is 19.3 Å². The Labute approximate surface area is 122 Å². The monoisotopic (exact) mass is 282 g/mol. The highest BCUT2D eigenvalue weighted by molar-refractivity contribution is 5.94. The summed E-state index contributed by atoms with van der Waals surface area (Å²) in [5.41, 5.74) is 2.44. The number of aromatic nitrogens is 1. The van der Waals surface area contributed by atoms with E-state index in [1.165, 1.54) is 23.4 Å². The first-order valence-corrected chi connectivity index (χ1v) is 6.90. The molecule has 1 aliphatic rings. The Morgan fingerprint density at radius 3 is 2.62 bits per heavy atom. The molecule has 106 valence electrons. The molecule has 2 aromatic rings. The van der Waals surface area contributed by atoms with Gasteiger partial charge < -0.3 is 4.90 Å². The topological polar surface area (TPSA) is 33.2 Å². The van der Waals surface area contributed by atoms with Crippen molar-refractivity contribution in [1.82, 2.24) is 9.88 Å². The van der Waals surface area contributed by atoms with E-state index in [9.17, 15) is 9.18 Å². The second kappa shape index (κ2) is 5.87. The Bertz CT molecular complexity index is 682. The normalized spacial score (nSPS) is 14.7. The maximum absolute atomic E-state index is 13.6. The number of carbonyl (C=O) groups is 1. The van der Waals surface area contributed by atoms with Gasteiger partial charge in [0.2, 0.25) is 5.95 Å². The number of carbonyl (C=O) groups excluding carboxylic acids is 1. The van der Waals surface area contributed by atoms with Crippen molar-refractivity contribution in [2.75, 3.05) is 13.1 Å². The molecule has 0 spiro atoms. The summed E-state index contributed by atoms with van der Waals surface area (Å²) in [4.78, 5) is 17.5. The van der Waals surface area contributed by atoms with E-state index in [1.54, 1.807) is 11.0 Å². The second-order valence-corrected chi connectivity index (χ2v) is 4.94. The van der Waals surface area contributed by atoms with Crippen LogP contribution in [0.3, 0.4) is 0 Å². The van der Waals surface area contributed by atoms with Crippen LogP contribution in [0.15, 0.2) is 54.7 Å². The molecule has 1 aromatic heterocycles. The van der Waals surface area contributed by atoms with E-state index in [0.29, 0.717) is 13.1 Å². The maximum Gasteiger partial charge on any atom is 0.258 e. The Morgan fingerprint density at radius 1 is 1.14 bits per heavy atom. The third kappa shape index (κ3) is 2.84. The van der Waals surface area contributed by atoms with Gasteiger partial charge in [-0.05, 0) is 29.7 Å². The lowest BCUT2D eigenvalue weighted by Gasteiger charge is -2.26. The summed E-state index contributed by atoms with van der Waals surface area (Å²) in [6.45, 7) is 1.09. The minimum Gasteiger partial charge on any atom is -0.334 e. The summed E-state index contributed by atoms with van der Waals surface area (Å²) < 4.78 is 13.6. The lowest BCUT2D eigenvalue weighted by Crippen LogP contribution is -2.35. The van der Waals surface area contributed by atoms with E-state index in [2.05, 4.69) is 17.1 Å². The van der Waals surface area contributed by atoms with Crippen LogP contribution >= 0.6 is 0 Å². The first-order chi connectivity index (χ1) is 10.3. The highest BCUT2D eigenvalue weighted by atomic mass is 19.1. The van der Waals surface area contributed by atoms with Crippen molar-refractivity contribution in [3.05, 3.63) is 71.8 Å². The third-order valence-electron chi connectivity index (χ3n) is 3.63. The molecule has 0 atom stereocenters. The number of nitrogens with zero attached hydrogens (tertiary/aromatic N) is 2. The summed E-state index contributed by atoms with van der Waals surface area (Å²) in [6, 6.07) is 13.1. The first-order valence-electron chi connectivity index (χ1n) is 6.90. The van der Waals surface area contributed by atoms with Crippen molar-refractivity contribution in [1.29, 1.82) is 0 Å². The fraction of sp³-hybridized carbons (Fsp3) is 0.176. The lowest BCUT2D eigenvalue weighted by atomic mass is 9.99. The quantitative estimate of drug-likeness (QED) is 0.793. The number of hydrogen-bond acceptors (Lipinski definition) is 2. The van der Waals surface area contributed by atoms with Crippen LogP contribution in [0.2, 0.25) is 0 Å². The molecule has 1 amide bonds. The zero-order chi connectivity index (χ0) is 14.7. The van der Waals surface area contributed by atoms with Crippen molar-refractivity contribution in [3.63, 3.8) is 0 Å². The van der Waals surface area contributed by atoms with Crippen LogP contribution in [-0.2, 0) is 0 Å². The zero-order valence-corrected chi connectivity index (χ0v) is 11.5. The lowest BCUT2D eigenvalue weighted by molar-refractivity contribution is 0.0767. The van der Waals surface area contributed by atoms with Crippen molar-refractivity contribution >= 4 is 11.5 Å². The zero-order valence-electron chi connectivity index (χ0n) is 11.5. The van der Waals surface area contributed by atoms with Gasteiger partial charge in [0.15, 0.2) is 0 Å². The average Bonchev–Trinajstić information content (AvgIpc) is 2.56. The van der Waals surface area contributed by atoms with Gasteiger partial charge in [0.25, 0.3) is 5.91 Å². The van der Waals surface area contributed by atoms with Crippen LogP contribution in [-0.4, -0.2) is 28.9 Å². The predicted molar refractivity (Wildman–Crippen MR) is 79.1 cm³/mol. The molecule has 0 aliphatic carbocycles. The molecular weight excluding hydrogens is 267 g/mol. The molecule has 1 aliphatic heterocycles. The average molecular weight is 282 g/mol. The minimum absolute atomic E-state index is 0.0362. The Hall–Kier alpha value is -2.49. The van der Waals surface area contributed by atoms with Crippen LogP contribution in [0.5, 0.6) is 0 Å². The molecule has 0 saturated heterocycles. The molecule has 0 fully saturated rings. The molecule has 3 nitrogen and oxygen atoms in total. The summed E-state index contributed by atoms with van der Waals surface area (Å²) in [5, 5.41) is 0. The molecule has 0 radical (unpaired) electrons. The minimum atomic E-state index is -0.708. The van der Waals surface area contributed by atoms with Gasteiger partial charge in [-0.3, -0.25) is 4.79 Å². The van der Waals surface area contributed by atoms with Gasteiger partial charge in [-0.25, -0.2) is 4.98 Å². The predicted octanol–water partition coefficient (Wildman–Crippen LogP) is 3.15. The van der Waals surface area contributed by atoms with Crippen molar-refractivity contribution < 1.29 is 9.18 Å². The Balaban J connectivity index is 1.75. The van der Waals surface area contributed by atoms with E-state index in [-0.39, 0.29) is 11.5 Å². The van der Waals surface area contributed by atoms with Crippen molar-refractivity contribution in [2.45, 2.75) is 6.42 Å². The van der Waals surface area contributed by atoms with Crippen LogP contribution in [0, 0.1) is 5.95 Å². The van der Waals surface area contributed by atoms with E-state index >= 15 is 0 Å². The van der Waals surface area contributed by atoms with Gasteiger partial charge in [-0.1, -0.05) is 36.4 Å². The number of amides is 1. The number of rotatable bonds is 2. The highest BCUT2D eigenvalue weighted by Crippen LogP contribution is 2.23. The van der Waals surface area contributed by atoms with Gasteiger partial charge in [0.1, 0.15) is 0 Å². The van der Waals surface area contributed by atoms with Crippen LogP contribution in [0.4, 0.5) is 4.39 Å². The van der Waals surface area contributed by atoms with Gasteiger partial charge in [-0.2, -0.15) is 4.39 Å². The molecule has 0 bridgehead atoms. The molecule has 0 saturated carbocycles. The smallest absolute Gasteiger partial charge is 0.258 e. The Kier molecular flexibility index (Phi) is 3.77. The third-order valence-corrected chi connectivity index (χ3v) is 3.63. The highest BCUT2D eigenvalue weighted by Gasteiger charge is 2.21. The largest absolute Gasteiger partial charge is 0.334 e. The van der Waals surface area contributed by atoms with E-state index in [0.717, 1.165) is 6.42 Å². The number of pyridine rings is 1.